The number of nitrogens with zero attached hydrogens (tertiary/aromatic N) is 2. The van der Waals surface area contributed by atoms with E-state index in [1.807, 2.05) is 22.9 Å². The Hall–Kier alpha value is -2.08. The Labute approximate surface area is 113 Å². The van der Waals surface area contributed by atoms with Crippen LogP contribution < -0.4 is 5.32 Å². The first kappa shape index (κ1) is 12.0. The van der Waals surface area contributed by atoms with Gasteiger partial charge in [-0.1, -0.05) is 0 Å². The van der Waals surface area contributed by atoms with Crippen LogP contribution in [0, 0.1) is 12.7 Å². The molecule has 0 radical (unpaired) electrons. The van der Waals surface area contributed by atoms with Crippen LogP contribution in [0.1, 0.15) is 11.4 Å². The van der Waals surface area contributed by atoms with Crippen LogP contribution in [0.15, 0.2) is 29.8 Å². The number of hydrogen-bond donors (Lipinski definition) is 2. The quantitative estimate of drug-likeness (QED) is 0.723. The lowest BCUT2D eigenvalue weighted by molar-refractivity contribution is 0.432. The molecule has 0 atom stereocenters. The summed E-state index contributed by atoms with van der Waals surface area (Å²) in [6.45, 7) is 2.50. The van der Waals surface area contributed by atoms with Gasteiger partial charge in [0.25, 0.3) is 0 Å². The largest absolute Gasteiger partial charge is 0.505 e. The zero-order valence-electron chi connectivity index (χ0n) is 10.2. The van der Waals surface area contributed by atoms with Crippen molar-refractivity contribution in [2.75, 3.05) is 5.32 Å². The lowest BCUT2D eigenvalue weighted by Crippen LogP contribution is -2.03. The topological polar surface area (TPSA) is 49.6 Å². The molecule has 4 nitrogen and oxygen atoms in total. The molecular formula is C13H12FN3OS. The zero-order valence-corrected chi connectivity index (χ0v) is 11.0. The van der Waals surface area contributed by atoms with Gasteiger partial charge in [0.05, 0.1) is 17.9 Å². The Bertz CT molecular complexity index is 735. The first-order chi connectivity index (χ1) is 9.15. The Morgan fingerprint density at radius 2 is 2.32 bits per heavy atom. The monoisotopic (exact) mass is 277 g/mol. The summed E-state index contributed by atoms with van der Waals surface area (Å²) in [5.41, 5.74) is 2.63. The van der Waals surface area contributed by atoms with Crippen molar-refractivity contribution in [2.24, 2.45) is 0 Å². The molecule has 0 bridgehead atoms. The number of anilines is 1. The number of phenolic OH excluding ortho intramolecular Hbond substituents is 1. The van der Waals surface area contributed by atoms with Gasteiger partial charge in [-0.05, 0) is 19.1 Å². The molecule has 0 spiro atoms. The molecular weight excluding hydrogens is 265 g/mol. The maximum atomic E-state index is 13.2. The Kier molecular flexibility index (Phi) is 2.87. The number of fused-ring (bicyclic) bond motifs is 1. The first-order valence-corrected chi connectivity index (χ1v) is 6.66. The van der Waals surface area contributed by atoms with Gasteiger partial charge in [0, 0.05) is 23.3 Å². The number of rotatable bonds is 3. The van der Waals surface area contributed by atoms with Gasteiger partial charge in [-0.25, -0.2) is 9.37 Å². The molecule has 19 heavy (non-hydrogen) atoms. The average molecular weight is 277 g/mol. The third-order valence-corrected chi connectivity index (χ3v) is 3.73. The van der Waals surface area contributed by atoms with Gasteiger partial charge in [0.15, 0.2) is 16.5 Å². The van der Waals surface area contributed by atoms with E-state index < -0.39 is 5.82 Å². The summed E-state index contributed by atoms with van der Waals surface area (Å²) in [5.74, 6) is -0.970. The minimum Gasteiger partial charge on any atom is -0.505 e. The number of aryl methyl sites for hydroxylation is 1. The summed E-state index contributed by atoms with van der Waals surface area (Å²) < 4.78 is 15.2. The van der Waals surface area contributed by atoms with Gasteiger partial charge in [0.1, 0.15) is 0 Å². The number of phenols is 1. The summed E-state index contributed by atoms with van der Waals surface area (Å²) in [6.07, 6.45) is 1.97. The van der Waals surface area contributed by atoms with Crippen molar-refractivity contribution >= 4 is 22.0 Å². The summed E-state index contributed by atoms with van der Waals surface area (Å²) in [7, 11) is 0. The molecule has 2 heterocycles. The fourth-order valence-corrected chi connectivity index (χ4v) is 2.73. The molecule has 0 fully saturated rings. The van der Waals surface area contributed by atoms with Crippen LogP contribution in [0.4, 0.5) is 10.1 Å². The molecule has 0 unspecified atom stereocenters. The Balaban J connectivity index is 1.83. The molecule has 3 rings (SSSR count). The molecule has 1 aromatic carbocycles. The molecule has 6 heteroatoms. The fourth-order valence-electron chi connectivity index (χ4n) is 1.96. The van der Waals surface area contributed by atoms with E-state index >= 15 is 0 Å². The van der Waals surface area contributed by atoms with Crippen LogP contribution >= 0.6 is 11.3 Å². The Morgan fingerprint density at radius 3 is 3.11 bits per heavy atom. The fraction of sp³-hybridized carbons (Fsp3) is 0.154. The Morgan fingerprint density at radius 1 is 1.47 bits per heavy atom. The van der Waals surface area contributed by atoms with E-state index in [1.54, 1.807) is 17.4 Å². The highest BCUT2D eigenvalue weighted by atomic mass is 32.1. The molecule has 0 saturated heterocycles. The normalized spacial score (nSPS) is 11.1. The molecule has 98 valence electrons. The van der Waals surface area contributed by atoms with Crippen LogP contribution in [-0.2, 0) is 6.54 Å². The molecule has 0 amide bonds. The molecule has 2 aromatic heterocycles. The van der Waals surface area contributed by atoms with E-state index in [0.29, 0.717) is 12.2 Å². The lowest BCUT2D eigenvalue weighted by atomic mass is 10.2. The first-order valence-electron chi connectivity index (χ1n) is 5.78. The second kappa shape index (κ2) is 4.55. The minimum atomic E-state index is -0.629. The van der Waals surface area contributed by atoms with Crippen molar-refractivity contribution in [2.45, 2.75) is 13.5 Å². The van der Waals surface area contributed by atoms with Crippen molar-refractivity contribution in [1.29, 1.82) is 0 Å². The summed E-state index contributed by atoms with van der Waals surface area (Å²) >= 11 is 1.58. The number of nitrogens with one attached hydrogen (secondary N) is 1. The van der Waals surface area contributed by atoms with Crippen LogP contribution in [0.2, 0.25) is 0 Å². The van der Waals surface area contributed by atoms with E-state index in [2.05, 4.69) is 10.3 Å². The maximum absolute atomic E-state index is 13.2. The summed E-state index contributed by atoms with van der Waals surface area (Å²) in [5, 5.41) is 14.2. The molecule has 3 aromatic rings. The molecule has 0 aliphatic carbocycles. The number of thiazole rings is 1. The van der Waals surface area contributed by atoms with E-state index in [-0.39, 0.29) is 5.75 Å². The third kappa shape index (κ3) is 2.15. The summed E-state index contributed by atoms with van der Waals surface area (Å²) in [6, 6.07) is 4.25. The van der Waals surface area contributed by atoms with E-state index in [4.69, 9.17) is 5.11 Å². The van der Waals surface area contributed by atoms with E-state index in [9.17, 15) is 4.39 Å². The highest BCUT2D eigenvalue weighted by Crippen LogP contribution is 2.21. The number of hydrogen-bond acceptors (Lipinski definition) is 4. The summed E-state index contributed by atoms with van der Waals surface area (Å²) in [4.78, 5) is 5.39. The van der Waals surface area contributed by atoms with E-state index in [0.717, 1.165) is 16.3 Å². The van der Waals surface area contributed by atoms with Crippen molar-refractivity contribution in [3.63, 3.8) is 0 Å². The van der Waals surface area contributed by atoms with Crippen molar-refractivity contribution < 1.29 is 9.50 Å². The third-order valence-electron chi connectivity index (χ3n) is 2.97. The van der Waals surface area contributed by atoms with Crippen LogP contribution in [0.5, 0.6) is 5.75 Å². The predicted octanol–water partition coefficient (Wildman–Crippen LogP) is 3.16. The van der Waals surface area contributed by atoms with Gasteiger partial charge < -0.3 is 10.4 Å². The maximum Gasteiger partial charge on any atom is 0.194 e. The van der Waals surface area contributed by atoms with Gasteiger partial charge in [-0.3, -0.25) is 4.40 Å². The van der Waals surface area contributed by atoms with Crippen molar-refractivity contribution in [3.8, 4) is 5.75 Å². The van der Waals surface area contributed by atoms with Crippen LogP contribution in [0.3, 0.4) is 0 Å². The van der Waals surface area contributed by atoms with Crippen LogP contribution in [0.25, 0.3) is 4.96 Å². The number of aromatic nitrogens is 2. The predicted molar refractivity (Wildman–Crippen MR) is 73.2 cm³/mol. The van der Waals surface area contributed by atoms with Gasteiger partial charge in [-0.15, -0.1) is 11.3 Å². The molecule has 0 aliphatic heterocycles. The average Bonchev–Trinajstić information content (AvgIpc) is 2.92. The number of halogens is 1. The smallest absolute Gasteiger partial charge is 0.194 e. The highest BCUT2D eigenvalue weighted by Gasteiger charge is 2.09. The number of aromatic hydroxyl groups is 1. The van der Waals surface area contributed by atoms with E-state index in [1.165, 1.54) is 12.1 Å². The molecule has 0 saturated carbocycles. The standard InChI is InChI=1S/C13H12FN3OS/c1-8-11(17-4-5-19-13(17)16-8)7-15-9-2-3-12(18)10(14)6-9/h2-6,15,18H,7H2,1H3. The van der Waals surface area contributed by atoms with Crippen molar-refractivity contribution in [1.82, 2.24) is 9.38 Å². The van der Waals surface area contributed by atoms with Crippen molar-refractivity contribution in [3.05, 3.63) is 47.0 Å². The van der Waals surface area contributed by atoms with Gasteiger partial charge in [-0.2, -0.15) is 0 Å². The number of benzene rings is 1. The lowest BCUT2D eigenvalue weighted by Gasteiger charge is -2.07. The molecule has 2 N–H and O–H groups in total. The second-order valence-corrected chi connectivity index (χ2v) is 5.09. The molecule has 0 aliphatic rings. The SMILES string of the molecule is Cc1nc2sccn2c1CNc1ccc(O)c(F)c1. The van der Waals surface area contributed by atoms with Crippen LogP contribution in [-0.4, -0.2) is 14.5 Å². The second-order valence-electron chi connectivity index (χ2n) is 4.22. The highest BCUT2D eigenvalue weighted by molar-refractivity contribution is 7.15. The van der Waals surface area contributed by atoms with Gasteiger partial charge in [0.2, 0.25) is 0 Å². The zero-order chi connectivity index (χ0) is 13.4. The number of imidazole rings is 1. The van der Waals surface area contributed by atoms with Gasteiger partial charge >= 0.3 is 0 Å². The minimum absolute atomic E-state index is 0.341.